The molecule has 1 fully saturated rings. The van der Waals surface area contributed by atoms with E-state index in [2.05, 4.69) is 16.9 Å². The monoisotopic (exact) mass is 476 g/mol. The molecule has 1 aromatic rings. The zero-order valence-electron chi connectivity index (χ0n) is 20.7. The molecule has 0 bridgehead atoms. The van der Waals surface area contributed by atoms with Crippen LogP contribution >= 0.6 is 0 Å². The van der Waals surface area contributed by atoms with E-state index in [9.17, 15) is 0 Å². The van der Waals surface area contributed by atoms with Crippen molar-refractivity contribution >= 4 is 5.84 Å². The Bertz CT molecular complexity index is 799. The number of ether oxygens (including phenoxy) is 4. The molecule has 3 rings (SSSR count). The maximum absolute atomic E-state index is 8.65. The molecular formula is C25H40N4O5. The Morgan fingerprint density at radius 1 is 1.15 bits per heavy atom. The van der Waals surface area contributed by atoms with Crippen LogP contribution in [-0.2, 0) is 14.2 Å². The quantitative estimate of drug-likeness (QED) is 0.371. The molecule has 0 amide bonds. The highest BCUT2D eigenvalue weighted by Crippen LogP contribution is 2.26. The van der Waals surface area contributed by atoms with Gasteiger partial charge in [-0.1, -0.05) is 39.0 Å². The Morgan fingerprint density at radius 3 is 2.65 bits per heavy atom. The van der Waals surface area contributed by atoms with Crippen LogP contribution in [0.4, 0.5) is 0 Å². The molecule has 0 aromatic heterocycles. The zero-order chi connectivity index (χ0) is 24.6. The summed E-state index contributed by atoms with van der Waals surface area (Å²) in [5, 5.41) is 14.6. The van der Waals surface area contributed by atoms with Gasteiger partial charge in [0.25, 0.3) is 0 Å². The lowest BCUT2D eigenvalue weighted by atomic mass is 10.1. The first kappa shape index (κ1) is 27.8. The van der Waals surface area contributed by atoms with Crippen LogP contribution in [0.1, 0.15) is 38.9 Å². The summed E-state index contributed by atoms with van der Waals surface area (Å²) in [4.78, 5) is 2.19. The van der Waals surface area contributed by atoms with Gasteiger partial charge in [0.15, 0.2) is 5.84 Å². The Morgan fingerprint density at radius 2 is 1.91 bits per heavy atom. The number of nitrogens with zero attached hydrogens (tertiary/aromatic N) is 3. The lowest BCUT2D eigenvalue weighted by molar-refractivity contribution is -0.00729. The molecular weight excluding hydrogens is 436 g/mol. The summed E-state index contributed by atoms with van der Waals surface area (Å²) < 4.78 is 22.5. The first-order valence-electron chi connectivity index (χ1n) is 12.1. The summed E-state index contributed by atoms with van der Waals surface area (Å²) in [7, 11) is 0. The van der Waals surface area contributed by atoms with Crippen LogP contribution in [0.25, 0.3) is 0 Å². The second kappa shape index (κ2) is 16.2. The van der Waals surface area contributed by atoms with E-state index in [0.29, 0.717) is 46.2 Å². The van der Waals surface area contributed by atoms with E-state index >= 15 is 0 Å². The fourth-order valence-electron chi connectivity index (χ4n) is 3.45. The van der Waals surface area contributed by atoms with Crippen LogP contribution in [-0.4, -0.2) is 80.3 Å². The van der Waals surface area contributed by atoms with Gasteiger partial charge in [0.05, 0.1) is 45.3 Å². The van der Waals surface area contributed by atoms with Crippen molar-refractivity contribution in [1.29, 1.82) is 0 Å². The summed E-state index contributed by atoms with van der Waals surface area (Å²) in [6.45, 7) is 10.3. The van der Waals surface area contributed by atoms with Crippen molar-refractivity contribution in [3.63, 3.8) is 0 Å². The Kier molecular flexibility index (Phi) is 13.3. The molecule has 0 spiro atoms. The predicted octanol–water partition coefficient (Wildman–Crippen LogP) is 2.84. The number of aliphatic hydroxyl groups is 1. The maximum Gasteiger partial charge on any atom is 0.150 e. The molecule has 1 atom stereocenters. The predicted molar refractivity (Wildman–Crippen MR) is 133 cm³/mol. The summed E-state index contributed by atoms with van der Waals surface area (Å²) in [6.07, 6.45) is 6.86. The molecule has 2 aliphatic heterocycles. The molecule has 34 heavy (non-hydrogen) atoms. The third kappa shape index (κ3) is 9.08. The fraction of sp³-hybridized carbons (Fsp3) is 0.560. The second-order valence-electron chi connectivity index (χ2n) is 7.35. The molecule has 1 unspecified atom stereocenters. The van der Waals surface area contributed by atoms with E-state index in [-0.39, 0.29) is 12.7 Å². The summed E-state index contributed by atoms with van der Waals surface area (Å²) in [5.41, 5.74) is 1.95. The fourth-order valence-corrected chi connectivity index (χ4v) is 3.45. The molecule has 0 saturated carbocycles. The maximum atomic E-state index is 8.65. The number of rotatable bonds is 11. The largest absolute Gasteiger partial charge is 0.491 e. The third-order valence-electron chi connectivity index (χ3n) is 5.02. The number of amidine groups is 1. The average molecular weight is 477 g/mol. The van der Waals surface area contributed by atoms with Crippen molar-refractivity contribution < 1.29 is 24.1 Å². The number of hydrazine groups is 1. The normalized spacial score (nSPS) is 19.0. The number of hydrazone groups is 1. The number of hydrogen-bond donors (Lipinski definition) is 2. The standard InChI is InChI=1S/C23H34N4O5.C2H6/c1-2-4-20-7-8-23(25-27(20)24)26-9-11-32-22(18-26)19-5-3-6-21(17-19)31-16-15-30-14-13-29-12-10-28;1-2/h3-8,17,22,28H,2,9-16,18,24H2,1H3;1-2H3/b20-4-;. The lowest BCUT2D eigenvalue weighted by Crippen LogP contribution is -2.44. The minimum atomic E-state index is -0.0814. The molecule has 2 aliphatic rings. The average Bonchev–Trinajstić information content (AvgIpc) is 2.88. The second-order valence-corrected chi connectivity index (χ2v) is 7.35. The van der Waals surface area contributed by atoms with Gasteiger partial charge in [-0.3, -0.25) is 0 Å². The minimum absolute atomic E-state index is 0.0232. The molecule has 1 saturated heterocycles. The van der Waals surface area contributed by atoms with Crippen molar-refractivity contribution in [3.8, 4) is 5.75 Å². The van der Waals surface area contributed by atoms with Gasteiger partial charge in [-0.05, 0) is 36.3 Å². The van der Waals surface area contributed by atoms with Crippen LogP contribution in [0, 0.1) is 0 Å². The zero-order valence-corrected chi connectivity index (χ0v) is 20.7. The smallest absolute Gasteiger partial charge is 0.150 e. The van der Waals surface area contributed by atoms with E-state index in [1.54, 1.807) is 0 Å². The highest BCUT2D eigenvalue weighted by molar-refractivity contribution is 5.94. The third-order valence-corrected chi connectivity index (χ3v) is 5.02. The molecule has 9 nitrogen and oxygen atoms in total. The number of morpholine rings is 1. The van der Waals surface area contributed by atoms with Gasteiger partial charge in [0.1, 0.15) is 18.5 Å². The molecule has 3 N–H and O–H groups in total. The van der Waals surface area contributed by atoms with Gasteiger partial charge >= 0.3 is 0 Å². The number of benzene rings is 1. The van der Waals surface area contributed by atoms with E-state index < -0.39 is 0 Å². The van der Waals surface area contributed by atoms with Crippen LogP contribution in [0.15, 0.2) is 53.3 Å². The molecule has 190 valence electrons. The Labute approximate surface area is 203 Å². The summed E-state index contributed by atoms with van der Waals surface area (Å²) >= 11 is 0. The highest BCUT2D eigenvalue weighted by Gasteiger charge is 2.25. The van der Waals surface area contributed by atoms with E-state index in [4.69, 9.17) is 29.9 Å². The molecule has 0 aliphatic carbocycles. The highest BCUT2D eigenvalue weighted by atomic mass is 16.5. The van der Waals surface area contributed by atoms with Crippen molar-refractivity contribution in [2.45, 2.75) is 33.3 Å². The number of aliphatic hydroxyl groups excluding tert-OH is 1. The topological polar surface area (TPSA) is 102 Å². The van der Waals surface area contributed by atoms with Crippen molar-refractivity contribution in [1.82, 2.24) is 10.0 Å². The first-order chi connectivity index (χ1) is 16.7. The number of nitrogens with two attached hydrogens (primary N) is 1. The van der Waals surface area contributed by atoms with E-state index in [1.807, 2.05) is 56.3 Å². The summed E-state index contributed by atoms with van der Waals surface area (Å²) in [6, 6.07) is 7.95. The van der Waals surface area contributed by atoms with Crippen LogP contribution in [0.2, 0.25) is 0 Å². The van der Waals surface area contributed by atoms with Crippen LogP contribution < -0.4 is 10.6 Å². The molecule has 2 heterocycles. The van der Waals surface area contributed by atoms with Crippen LogP contribution in [0.3, 0.4) is 0 Å². The van der Waals surface area contributed by atoms with Gasteiger partial charge in [-0.25, -0.2) is 5.84 Å². The van der Waals surface area contributed by atoms with Gasteiger partial charge in [-0.15, -0.1) is 5.10 Å². The van der Waals surface area contributed by atoms with Gasteiger partial charge in [0.2, 0.25) is 0 Å². The Balaban J connectivity index is 0.00000199. The van der Waals surface area contributed by atoms with Crippen LogP contribution in [0.5, 0.6) is 5.75 Å². The summed E-state index contributed by atoms with van der Waals surface area (Å²) in [5.74, 6) is 7.66. The number of hydrogen-bond acceptors (Lipinski definition) is 9. The van der Waals surface area contributed by atoms with Gasteiger partial charge in [0, 0.05) is 13.1 Å². The number of allylic oxidation sites excluding steroid dienone is 2. The lowest BCUT2D eigenvalue weighted by Gasteiger charge is -2.36. The van der Waals surface area contributed by atoms with E-state index in [1.165, 1.54) is 5.12 Å². The SMILES string of the molecule is CC.CC/C=C1/C=CC(N2CCOC(c3cccc(OCCOCCOCCO)c3)C2)=NN1N. The first-order valence-corrected chi connectivity index (χ1v) is 12.1. The van der Waals surface area contributed by atoms with Crippen molar-refractivity contribution in [2.24, 2.45) is 10.9 Å². The minimum Gasteiger partial charge on any atom is -0.491 e. The van der Waals surface area contributed by atoms with Gasteiger partial charge < -0.3 is 29.0 Å². The molecule has 0 radical (unpaired) electrons. The molecule has 9 heteroatoms. The van der Waals surface area contributed by atoms with E-state index in [0.717, 1.165) is 35.8 Å². The van der Waals surface area contributed by atoms with Gasteiger partial charge in [-0.2, -0.15) is 5.12 Å². The Hall–Kier alpha value is -2.43. The van der Waals surface area contributed by atoms with Crippen molar-refractivity contribution in [2.75, 3.05) is 59.3 Å². The molecule has 1 aromatic carbocycles. The van der Waals surface area contributed by atoms with Crippen molar-refractivity contribution in [3.05, 3.63) is 53.8 Å².